The second-order valence-corrected chi connectivity index (χ2v) is 7.01. The summed E-state index contributed by atoms with van der Waals surface area (Å²) < 4.78 is 7.50. The molecule has 0 bridgehead atoms. The number of rotatable bonds is 3. The van der Waals surface area contributed by atoms with Crippen molar-refractivity contribution in [1.29, 1.82) is 0 Å². The molecule has 0 aliphatic carbocycles. The average Bonchev–Trinajstić information content (AvgIpc) is 2.79. The zero-order valence-electron chi connectivity index (χ0n) is 8.91. The lowest BCUT2D eigenvalue weighted by molar-refractivity contribution is 0.413. The van der Waals surface area contributed by atoms with Crippen LogP contribution in [0.15, 0.2) is 38.6 Å². The van der Waals surface area contributed by atoms with Gasteiger partial charge >= 0.3 is 0 Å². The summed E-state index contributed by atoms with van der Waals surface area (Å²) in [5, 5.41) is 2.04. The Morgan fingerprint density at radius 3 is 2.71 bits per heavy atom. The Hall–Kier alpha value is 0.160. The van der Waals surface area contributed by atoms with Crippen molar-refractivity contribution >= 4 is 59.1 Å². The molecule has 5 heteroatoms. The Labute approximate surface area is 130 Å². The van der Waals surface area contributed by atoms with Crippen LogP contribution in [0.4, 0.5) is 0 Å². The van der Waals surface area contributed by atoms with Crippen LogP contribution in [-0.2, 0) is 0 Å². The van der Waals surface area contributed by atoms with E-state index >= 15 is 0 Å². The van der Waals surface area contributed by atoms with E-state index in [2.05, 4.69) is 53.9 Å². The Morgan fingerprint density at radius 1 is 1.24 bits per heavy atom. The quantitative estimate of drug-likeness (QED) is 0.551. The number of thiophene rings is 1. The molecular weight excluding hydrogens is 432 g/mol. The minimum Gasteiger partial charge on any atom is -0.496 e. The van der Waals surface area contributed by atoms with Gasteiger partial charge in [-0.15, -0.1) is 11.3 Å². The second-order valence-electron chi connectivity index (χ2n) is 3.38. The first-order valence-electron chi connectivity index (χ1n) is 4.84. The van der Waals surface area contributed by atoms with Crippen LogP contribution in [0.3, 0.4) is 0 Å². The molecule has 1 aromatic carbocycles. The Morgan fingerprint density at radius 2 is 2.00 bits per heavy atom. The van der Waals surface area contributed by atoms with E-state index in [4.69, 9.17) is 4.74 Å². The van der Waals surface area contributed by atoms with Crippen molar-refractivity contribution < 1.29 is 4.74 Å². The van der Waals surface area contributed by atoms with Gasteiger partial charge in [0.2, 0.25) is 0 Å². The number of halogens is 3. The summed E-state index contributed by atoms with van der Waals surface area (Å²) >= 11 is 12.5. The smallest absolute Gasteiger partial charge is 0.134 e. The lowest BCUT2D eigenvalue weighted by atomic mass is 10.1. The summed E-state index contributed by atoms with van der Waals surface area (Å²) in [5.74, 6) is 0.920. The van der Waals surface area contributed by atoms with Crippen LogP contribution >= 0.6 is 59.1 Å². The maximum Gasteiger partial charge on any atom is 0.134 e. The van der Waals surface area contributed by atoms with Gasteiger partial charge in [-0.2, -0.15) is 0 Å². The first-order chi connectivity index (χ1) is 8.13. The number of hydrogen-bond donors (Lipinski definition) is 0. The van der Waals surface area contributed by atoms with E-state index in [9.17, 15) is 0 Å². The largest absolute Gasteiger partial charge is 0.496 e. The average molecular weight is 441 g/mol. The van der Waals surface area contributed by atoms with E-state index in [1.807, 2.05) is 23.6 Å². The minimum atomic E-state index is 0.129. The third-order valence-electron chi connectivity index (χ3n) is 2.34. The molecule has 0 aliphatic heterocycles. The van der Waals surface area contributed by atoms with Crippen LogP contribution in [0.2, 0.25) is 0 Å². The molecule has 1 aromatic heterocycles. The van der Waals surface area contributed by atoms with Gasteiger partial charge in [0, 0.05) is 8.95 Å². The van der Waals surface area contributed by atoms with Gasteiger partial charge in [0.25, 0.3) is 0 Å². The molecule has 0 fully saturated rings. The standard InChI is InChI=1S/C12H9Br3OS/c1-16-10-4-5-17-12(10)11(15)8-6-7(13)2-3-9(8)14/h2-6,11H,1H3. The molecule has 17 heavy (non-hydrogen) atoms. The summed E-state index contributed by atoms with van der Waals surface area (Å²) in [5.41, 5.74) is 1.18. The van der Waals surface area contributed by atoms with E-state index in [0.29, 0.717) is 0 Å². The summed E-state index contributed by atoms with van der Waals surface area (Å²) in [7, 11) is 1.70. The fourth-order valence-corrected chi connectivity index (χ4v) is 4.45. The summed E-state index contributed by atoms with van der Waals surface area (Å²) in [6, 6.07) is 8.13. The van der Waals surface area contributed by atoms with Crippen molar-refractivity contribution in [3.63, 3.8) is 0 Å². The molecule has 0 saturated heterocycles. The van der Waals surface area contributed by atoms with Crippen LogP contribution in [0.1, 0.15) is 15.3 Å². The van der Waals surface area contributed by atoms with Gasteiger partial charge in [0.05, 0.1) is 16.8 Å². The van der Waals surface area contributed by atoms with Gasteiger partial charge < -0.3 is 4.74 Å². The maximum absolute atomic E-state index is 5.35. The van der Waals surface area contributed by atoms with Crippen molar-refractivity contribution in [1.82, 2.24) is 0 Å². The van der Waals surface area contributed by atoms with Crippen molar-refractivity contribution in [3.8, 4) is 5.75 Å². The molecule has 1 atom stereocenters. The molecule has 1 nitrogen and oxygen atoms in total. The van der Waals surface area contributed by atoms with Gasteiger partial charge in [-0.1, -0.05) is 47.8 Å². The molecule has 1 heterocycles. The van der Waals surface area contributed by atoms with Gasteiger partial charge in [-0.05, 0) is 35.2 Å². The van der Waals surface area contributed by atoms with Crippen LogP contribution < -0.4 is 4.74 Å². The monoisotopic (exact) mass is 438 g/mol. The highest BCUT2D eigenvalue weighted by molar-refractivity contribution is 9.11. The molecule has 2 aromatic rings. The van der Waals surface area contributed by atoms with Crippen LogP contribution in [0.25, 0.3) is 0 Å². The molecule has 0 aliphatic rings. The summed E-state index contributed by atoms with van der Waals surface area (Å²) in [4.78, 5) is 1.30. The maximum atomic E-state index is 5.35. The van der Waals surface area contributed by atoms with E-state index in [0.717, 1.165) is 14.7 Å². The fourth-order valence-electron chi connectivity index (χ4n) is 1.51. The normalized spacial score (nSPS) is 12.5. The number of alkyl halides is 1. The van der Waals surface area contributed by atoms with E-state index in [1.165, 1.54) is 10.4 Å². The highest BCUT2D eigenvalue weighted by atomic mass is 79.9. The minimum absolute atomic E-state index is 0.129. The zero-order valence-corrected chi connectivity index (χ0v) is 14.5. The second kappa shape index (κ2) is 5.87. The zero-order chi connectivity index (χ0) is 12.4. The molecular formula is C12H9Br3OS. The highest BCUT2D eigenvalue weighted by Crippen LogP contribution is 2.43. The fraction of sp³-hybridized carbons (Fsp3) is 0.167. The first kappa shape index (κ1) is 13.6. The molecule has 90 valence electrons. The third kappa shape index (κ3) is 2.95. The van der Waals surface area contributed by atoms with Gasteiger partial charge in [0.1, 0.15) is 5.75 Å². The Kier molecular flexibility index (Phi) is 4.69. The number of benzene rings is 1. The Balaban J connectivity index is 2.43. The van der Waals surface area contributed by atoms with E-state index < -0.39 is 0 Å². The predicted octanol–water partition coefficient (Wildman–Crippen LogP) is 5.77. The van der Waals surface area contributed by atoms with E-state index in [-0.39, 0.29) is 4.83 Å². The van der Waals surface area contributed by atoms with Gasteiger partial charge in [-0.25, -0.2) is 0 Å². The van der Waals surface area contributed by atoms with Crippen molar-refractivity contribution in [2.24, 2.45) is 0 Å². The number of hydrogen-bond acceptors (Lipinski definition) is 2. The Bertz CT molecular complexity index is 524. The van der Waals surface area contributed by atoms with E-state index in [1.54, 1.807) is 18.4 Å². The lowest BCUT2D eigenvalue weighted by Gasteiger charge is -2.13. The molecule has 0 N–H and O–H groups in total. The van der Waals surface area contributed by atoms with Crippen molar-refractivity contribution in [2.75, 3.05) is 7.11 Å². The van der Waals surface area contributed by atoms with Gasteiger partial charge in [-0.3, -0.25) is 0 Å². The summed E-state index contributed by atoms with van der Waals surface area (Å²) in [6.45, 7) is 0. The molecule has 0 saturated carbocycles. The predicted molar refractivity (Wildman–Crippen MR) is 83.5 cm³/mol. The molecule has 0 spiro atoms. The molecule has 0 amide bonds. The van der Waals surface area contributed by atoms with Crippen LogP contribution in [0, 0.1) is 0 Å². The third-order valence-corrected chi connectivity index (χ3v) is 5.77. The van der Waals surface area contributed by atoms with Crippen molar-refractivity contribution in [3.05, 3.63) is 49.0 Å². The SMILES string of the molecule is COc1ccsc1C(Br)c1cc(Br)ccc1Br. The summed E-state index contributed by atoms with van der Waals surface area (Å²) in [6.07, 6.45) is 0. The number of ether oxygens (including phenoxy) is 1. The van der Waals surface area contributed by atoms with Crippen LogP contribution in [0.5, 0.6) is 5.75 Å². The first-order valence-corrected chi connectivity index (χ1v) is 8.22. The van der Waals surface area contributed by atoms with Crippen molar-refractivity contribution in [2.45, 2.75) is 4.83 Å². The van der Waals surface area contributed by atoms with Crippen LogP contribution in [-0.4, -0.2) is 7.11 Å². The lowest BCUT2D eigenvalue weighted by Crippen LogP contribution is -1.94. The molecule has 1 unspecified atom stereocenters. The molecule has 2 rings (SSSR count). The highest BCUT2D eigenvalue weighted by Gasteiger charge is 2.19. The van der Waals surface area contributed by atoms with Gasteiger partial charge in [0.15, 0.2) is 0 Å². The topological polar surface area (TPSA) is 9.23 Å². The molecule has 0 radical (unpaired) electrons. The number of methoxy groups -OCH3 is 1.